The van der Waals surface area contributed by atoms with E-state index in [0.29, 0.717) is 48.0 Å². The van der Waals surface area contributed by atoms with E-state index in [1.165, 1.54) is 22.8 Å². The van der Waals surface area contributed by atoms with Crippen LogP contribution in [0, 0.1) is 0 Å². The van der Waals surface area contributed by atoms with Gasteiger partial charge in [0.15, 0.2) is 5.96 Å². The molecule has 5 heterocycles. The third-order valence-electron chi connectivity index (χ3n) is 7.83. The molecular formula is C33H39ClN12O5. The molecule has 4 aromatic rings. The first-order valence-electron chi connectivity index (χ1n) is 15.8. The van der Waals surface area contributed by atoms with Crippen LogP contribution in [0.3, 0.4) is 0 Å². The van der Waals surface area contributed by atoms with Gasteiger partial charge >= 0.3 is 0 Å². The zero-order chi connectivity index (χ0) is 36.8. The number of halogens is 1. The second-order valence-electron chi connectivity index (χ2n) is 11.8. The van der Waals surface area contributed by atoms with Gasteiger partial charge < -0.3 is 55.5 Å². The molecule has 17 nitrogen and oxygen atoms in total. The molecule has 1 aliphatic heterocycles. The SMILES string of the molecule is C=C(Cl)C(=O)Nc1cc(C(=O)Nc2cc(C(=O)Nc3cc(C(=O)Nc4cc(C(=O)NCCCNC5=NCCN5)n(C)c4)n(C)c3)n(C)c2)n(C)c1. The largest absolute Gasteiger partial charge is 0.356 e. The molecule has 0 saturated heterocycles. The zero-order valence-corrected chi connectivity index (χ0v) is 29.3. The first-order valence-corrected chi connectivity index (χ1v) is 16.2. The van der Waals surface area contributed by atoms with Gasteiger partial charge in [0.2, 0.25) is 0 Å². The summed E-state index contributed by atoms with van der Waals surface area (Å²) in [5.74, 6) is -1.47. The number of guanidine groups is 1. The number of aliphatic imine (C=N–C) groups is 1. The van der Waals surface area contributed by atoms with E-state index in [4.69, 9.17) is 11.6 Å². The van der Waals surface area contributed by atoms with Crippen molar-refractivity contribution in [1.82, 2.24) is 34.2 Å². The summed E-state index contributed by atoms with van der Waals surface area (Å²) in [7, 11) is 6.68. The second-order valence-corrected chi connectivity index (χ2v) is 12.3. The monoisotopic (exact) mass is 718 g/mol. The lowest BCUT2D eigenvalue weighted by Crippen LogP contribution is -2.36. The first-order chi connectivity index (χ1) is 24.3. The molecule has 0 spiro atoms. The number of aryl methyl sites for hydroxylation is 4. The smallest absolute Gasteiger partial charge is 0.272 e. The van der Waals surface area contributed by atoms with Gasteiger partial charge in [0, 0.05) is 72.6 Å². The van der Waals surface area contributed by atoms with Crippen LogP contribution in [0.5, 0.6) is 0 Å². The van der Waals surface area contributed by atoms with Crippen LogP contribution in [0.1, 0.15) is 48.4 Å². The predicted octanol–water partition coefficient (Wildman–Crippen LogP) is 2.16. The van der Waals surface area contributed by atoms with Crippen molar-refractivity contribution in [3.8, 4) is 0 Å². The number of rotatable bonds is 13. The van der Waals surface area contributed by atoms with E-state index in [1.807, 2.05) is 0 Å². The number of hydrogen-bond acceptors (Lipinski definition) is 8. The average molecular weight is 719 g/mol. The third kappa shape index (κ3) is 8.87. The molecule has 5 rings (SSSR count). The molecule has 268 valence electrons. The van der Waals surface area contributed by atoms with Crippen LogP contribution in [0.4, 0.5) is 22.7 Å². The number of aromatic nitrogens is 4. The molecular weight excluding hydrogens is 680 g/mol. The molecule has 0 bridgehead atoms. The summed E-state index contributed by atoms with van der Waals surface area (Å²) in [6.45, 7) is 6.08. The molecule has 0 fully saturated rings. The molecule has 0 aliphatic carbocycles. The van der Waals surface area contributed by atoms with Gasteiger partial charge in [-0.2, -0.15) is 0 Å². The van der Waals surface area contributed by atoms with E-state index in [0.717, 1.165) is 19.0 Å². The van der Waals surface area contributed by atoms with E-state index in [1.54, 1.807) is 72.7 Å². The van der Waals surface area contributed by atoms with Crippen LogP contribution in [0.15, 0.2) is 65.7 Å². The van der Waals surface area contributed by atoms with Gasteiger partial charge in [-0.05, 0) is 30.7 Å². The summed E-state index contributed by atoms with van der Waals surface area (Å²) in [6, 6.07) is 6.11. The van der Waals surface area contributed by atoms with E-state index in [9.17, 15) is 24.0 Å². The molecule has 0 saturated carbocycles. The van der Waals surface area contributed by atoms with Crippen molar-refractivity contribution in [2.45, 2.75) is 6.42 Å². The Morgan fingerprint density at radius 1 is 0.686 bits per heavy atom. The fraction of sp³-hybridized carbons (Fsp3) is 0.273. The topological polar surface area (TPSA) is 202 Å². The maximum Gasteiger partial charge on any atom is 0.272 e. The van der Waals surface area contributed by atoms with Crippen LogP contribution in [0.25, 0.3) is 0 Å². The fourth-order valence-electron chi connectivity index (χ4n) is 5.32. The minimum Gasteiger partial charge on any atom is -0.356 e. The van der Waals surface area contributed by atoms with Gasteiger partial charge in [-0.1, -0.05) is 18.2 Å². The standard InChI is InChI=1S/C33H39ClN12O5/c1-19(34)28(47)39-20-12-25(44(3)15-20)30(49)41-22-14-27(46(5)17-22)32(51)42-23-13-26(45(4)18-23)31(50)40-21-11-24(43(2)16-21)29(48)35-7-6-8-36-33-37-9-10-38-33/h11-18H,1,6-10H2,2-5H3,(H,35,48)(H,39,47)(H,40,50)(H,41,49)(H,42,51)(H2,36,37,38). The molecule has 1 aliphatic rings. The highest BCUT2D eigenvalue weighted by molar-refractivity contribution is 6.43. The Hall–Kier alpha value is -6.23. The fourth-order valence-corrected chi connectivity index (χ4v) is 5.37. The number of anilines is 4. The van der Waals surface area contributed by atoms with Gasteiger partial charge in [0.05, 0.1) is 34.3 Å². The molecule has 5 amide bonds. The molecule has 0 radical (unpaired) electrons. The van der Waals surface area contributed by atoms with Crippen LogP contribution in [-0.4, -0.2) is 79.9 Å². The molecule has 4 aromatic heterocycles. The number of amides is 5. The Morgan fingerprint density at radius 2 is 1.10 bits per heavy atom. The minimum atomic E-state index is -0.588. The number of nitrogens with one attached hydrogen (secondary N) is 7. The normalized spacial score (nSPS) is 12.1. The highest BCUT2D eigenvalue weighted by atomic mass is 35.5. The average Bonchev–Trinajstić information content (AvgIpc) is 3.90. The Kier molecular flexibility index (Phi) is 11.0. The molecule has 51 heavy (non-hydrogen) atoms. The lowest BCUT2D eigenvalue weighted by atomic mass is 10.3. The Labute approximate surface area is 298 Å². The molecule has 18 heteroatoms. The van der Waals surface area contributed by atoms with Crippen molar-refractivity contribution in [1.29, 1.82) is 0 Å². The van der Waals surface area contributed by atoms with Gasteiger partial charge in [-0.3, -0.25) is 29.0 Å². The van der Waals surface area contributed by atoms with Crippen molar-refractivity contribution in [3.05, 3.63) is 83.4 Å². The number of carbonyl (C=O) groups is 5. The van der Waals surface area contributed by atoms with Crippen LogP contribution in [-0.2, 0) is 33.0 Å². The third-order valence-corrected chi connectivity index (χ3v) is 8.01. The van der Waals surface area contributed by atoms with Gasteiger partial charge in [0.25, 0.3) is 29.5 Å². The number of carbonyl (C=O) groups excluding carboxylic acids is 5. The highest BCUT2D eigenvalue weighted by Gasteiger charge is 2.20. The maximum absolute atomic E-state index is 13.2. The van der Waals surface area contributed by atoms with Crippen LogP contribution < -0.4 is 37.2 Å². The highest BCUT2D eigenvalue weighted by Crippen LogP contribution is 2.21. The molecule has 0 unspecified atom stereocenters. The van der Waals surface area contributed by atoms with E-state index in [-0.39, 0.29) is 28.0 Å². The van der Waals surface area contributed by atoms with Crippen LogP contribution in [0.2, 0.25) is 0 Å². The summed E-state index contributed by atoms with van der Waals surface area (Å²) >= 11 is 5.62. The number of hydrogen-bond donors (Lipinski definition) is 7. The van der Waals surface area contributed by atoms with Gasteiger partial charge in [-0.25, -0.2) is 0 Å². The Balaban J connectivity index is 1.14. The second kappa shape index (κ2) is 15.5. The summed E-state index contributed by atoms with van der Waals surface area (Å²) < 4.78 is 6.28. The minimum absolute atomic E-state index is 0.192. The lowest BCUT2D eigenvalue weighted by molar-refractivity contribution is -0.112. The van der Waals surface area contributed by atoms with Crippen molar-refractivity contribution in [2.75, 3.05) is 47.4 Å². The van der Waals surface area contributed by atoms with Gasteiger partial charge in [0.1, 0.15) is 22.8 Å². The summed E-state index contributed by atoms with van der Waals surface area (Å²) in [6.07, 6.45) is 7.08. The van der Waals surface area contributed by atoms with Crippen molar-refractivity contribution < 1.29 is 24.0 Å². The quantitative estimate of drug-likeness (QED) is 0.0811. The number of nitrogens with zero attached hydrogens (tertiary/aromatic N) is 5. The van der Waals surface area contributed by atoms with E-state index >= 15 is 0 Å². The molecule has 0 aromatic carbocycles. The van der Waals surface area contributed by atoms with E-state index < -0.39 is 23.6 Å². The Bertz CT molecular complexity index is 2050. The summed E-state index contributed by atoms with van der Waals surface area (Å²) in [5.41, 5.74) is 2.67. The van der Waals surface area contributed by atoms with Gasteiger partial charge in [-0.15, -0.1) is 0 Å². The van der Waals surface area contributed by atoms with Crippen molar-refractivity contribution in [3.63, 3.8) is 0 Å². The van der Waals surface area contributed by atoms with Crippen molar-refractivity contribution >= 4 is 69.8 Å². The van der Waals surface area contributed by atoms with Crippen LogP contribution >= 0.6 is 11.6 Å². The first kappa shape index (κ1) is 36.1. The maximum atomic E-state index is 13.2. The summed E-state index contributed by atoms with van der Waals surface area (Å²) in [4.78, 5) is 68.2. The lowest BCUT2D eigenvalue weighted by Gasteiger charge is -2.08. The Morgan fingerprint density at radius 3 is 1.49 bits per heavy atom. The van der Waals surface area contributed by atoms with Crippen molar-refractivity contribution in [2.24, 2.45) is 33.2 Å². The summed E-state index contributed by atoms with van der Waals surface area (Å²) in [5, 5.41) is 19.9. The molecule has 0 atom stereocenters. The predicted molar refractivity (Wildman–Crippen MR) is 194 cm³/mol. The van der Waals surface area contributed by atoms with E-state index in [2.05, 4.69) is 48.8 Å². The molecule has 7 N–H and O–H groups in total. The zero-order valence-electron chi connectivity index (χ0n) is 28.5.